The number of amidine groups is 1. The Morgan fingerprint density at radius 2 is 1.97 bits per heavy atom. The highest BCUT2D eigenvalue weighted by Gasteiger charge is 2.22. The number of rotatable bonds is 10. The van der Waals surface area contributed by atoms with Crippen LogP contribution in [-0.4, -0.2) is 48.9 Å². The number of aromatic amines is 1. The monoisotopic (exact) mass is 474 g/mol. The minimum Gasteiger partial charge on any atom is -0.491 e. The van der Waals surface area contributed by atoms with Crippen molar-refractivity contribution < 1.29 is 9.84 Å². The van der Waals surface area contributed by atoms with Crippen LogP contribution in [0.2, 0.25) is 0 Å². The summed E-state index contributed by atoms with van der Waals surface area (Å²) in [4.78, 5) is 23.8. The first-order valence-corrected chi connectivity index (χ1v) is 11.0. The van der Waals surface area contributed by atoms with Gasteiger partial charge in [0.05, 0.1) is 6.61 Å². The predicted octanol–water partition coefficient (Wildman–Crippen LogP) is 1.77. The smallest absolute Gasteiger partial charge is 0.350 e. The van der Waals surface area contributed by atoms with Crippen LogP contribution in [0.5, 0.6) is 5.75 Å². The second-order valence-electron chi connectivity index (χ2n) is 7.68. The molecule has 11 nitrogen and oxygen atoms in total. The van der Waals surface area contributed by atoms with Gasteiger partial charge in [0.2, 0.25) is 0 Å². The number of aryl methyl sites for hydroxylation is 1. The van der Waals surface area contributed by atoms with Crippen LogP contribution in [0.4, 0.5) is 5.69 Å². The number of benzene rings is 2. The van der Waals surface area contributed by atoms with Crippen molar-refractivity contribution in [2.45, 2.75) is 19.4 Å². The van der Waals surface area contributed by atoms with Gasteiger partial charge in [0.1, 0.15) is 24.2 Å². The molecule has 2 aromatic heterocycles. The lowest BCUT2D eigenvalue weighted by molar-refractivity contribution is 0.201. The molecule has 11 heteroatoms. The van der Waals surface area contributed by atoms with E-state index in [0.29, 0.717) is 17.1 Å². The summed E-state index contributed by atoms with van der Waals surface area (Å²) < 4.78 is 6.79. The van der Waals surface area contributed by atoms with Crippen molar-refractivity contribution in [2.24, 2.45) is 5.73 Å². The summed E-state index contributed by atoms with van der Waals surface area (Å²) in [7, 11) is 0. The molecule has 0 spiro atoms. The Kier molecular flexibility index (Phi) is 7.17. The van der Waals surface area contributed by atoms with E-state index in [1.165, 1.54) is 12.4 Å². The normalized spacial score (nSPS) is 11.7. The molecule has 0 radical (unpaired) electrons. The van der Waals surface area contributed by atoms with Gasteiger partial charge < -0.3 is 20.9 Å². The van der Waals surface area contributed by atoms with Gasteiger partial charge in [0, 0.05) is 23.6 Å². The maximum absolute atomic E-state index is 12.7. The summed E-state index contributed by atoms with van der Waals surface area (Å²) in [5.74, 6) is 1.07. The van der Waals surface area contributed by atoms with Crippen molar-refractivity contribution in [3.63, 3.8) is 0 Å². The SMILES string of the molecule is CCc1cc(OCCO)cc(C(Nc2ccc(C(=N)N)cc2)c2nn(-c3ncccn3)c(=O)[nH]2)c1. The maximum atomic E-state index is 12.7. The third-order valence-electron chi connectivity index (χ3n) is 5.25. The average Bonchev–Trinajstić information content (AvgIpc) is 3.27. The predicted molar refractivity (Wildman–Crippen MR) is 131 cm³/mol. The molecule has 1 atom stereocenters. The van der Waals surface area contributed by atoms with Gasteiger partial charge in [0.25, 0.3) is 5.95 Å². The molecule has 2 heterocycles. The van der Waals surface area contributed by atoms with E-state index in [1.807, 2.05) is 25.1 Å². The van der Waals surface area contributed by atoms with E-state index < -0.39 is 11.7 Å². The summed E-state index contributed by atoms with van der Waals surface area (Å²) >= 11 is 0. The second kappa shape index (κ2) is 10.6. The zero-order valence-electron chi connectivity index (χ0n) is 19.1. The van der Waals surface area contributed by atoms with Gasteiger partial charge in [0.15, 0.2) is 5.82 Å². The molecule has 0 aliphatic carbocycles. The maximum Gasteiger partial charge on any atom is 0.350 e. The number of anilines is 1. The average molecular weight is 475 g/mol. The molecule has 0 fully saturated rings. The summed E-state index contributed by atoms with van der Waals surface area (Å²) in [5.41, 5.74) is 8.23. The third-order valence-corrected chi connectivity index (χ3v) is 5.25. The summed E-state index contributed by atoms with van der Waals surface area (Å²) in [5, 5.41) is 24.7. The van der Waals surface area contributed by atoms with Crippen molar-refractivity contribution in [2.75, 3.05) is 18.5 Å². The molecule has 35 heavy (non-hydrogen) atoms. The summed E-state index contributed by atoms with van der Waals surface area (Å²) in [6.07, 6.45) is 3.82. The van der Waals surface area contributed by atoms with E-state index in [-0.39, 0.29) is 25.0 Å². The molecule has 4 aromatic rings. The van der Waals surface area contributed by atoms with Crippen molar-refractivity contribution >= 4 is 11.5 Å². The van der Waals surface area contributed by atoms with Gasteiger partial charge in [-0.3, -0.25) is 10.4 Å². The van der Waals surface area contributed by atoms with Crippen LogP contribution >= 0.6 is 0 Å². The Morgan fingerprint density at radius 1 is 1.23 bits per heavy atom. The number of ether oxygens (including phenoxy) is 1. The number of nitrogens with one attached hydrogen (secondary N) is 3. The topological polar surface area (TPSA) is 168 Å². The highest BCUT2D eigenvalue weighted by molar-refractivity contribution is 5.95. The highest BCUT2D eigenvalue weighted by Crippen LogP contribution is 2.29. The Labute approximate surface area is 201 Å². The molecule has 0 bridgehead atoms. The molecular weight excluding hydrogens is 448 g/mol. The van der Waals surface area contributed by atoms with Crippen molar-refractivity contribution in [1.82, 2.24) is 24.7 Å². The van der Waals surface area contributed by atoms with Crippen LogP contribution in [0.15, 0.2) is 65.7 Å². The number of hydrogen-bond donors (Lipinski definition) is 5. The molecule has 6 N–H and O–H groups in total. The second-order valence-corrected chi connectivity index (χ2v) is 7.68. The number of aliphatic hydroxyl groups is 1. The number of nitrogens with two attached hydrogens (primary N) is 1. The number of aliphatic hydroxyl groups excluding tert-OH is 1. The van der Waals surface area contributed by atoms with Crippen LogP contribution in [0.25, 0.3) is 5.95 Å². The van der Waals surface area contributed by atoms with Crippen LogP contribution in [0.3, 0.4) is 0 Å². The van der Waals surface area contributed by atoms with Gasteiger partial charge in [-0.2, -0.15) is 0 Å². The minimum atomic E-state index is -0.571. The van der Waals surface area contributed by atoms with Crippen LogP contribution < -0.4 is 21.5 Å². The Balaban J connectivity index is 1.79. The first-order valence-electron chi connectivity index (χ1n) is 11.0. The molecule has 0 saturated carbocycles. The minimum absolute atomic E-state index is 0.0274. The molecule has 0 aliphatic heterocycles. The van der Waals surface area contributed by atoms with Gasteiger partial charge in [-0.05, 0) is 60.0 Å². The van der Waals surface area contributed by atoms with E-state index in [9.17, 15) is 9.90 Å². The van der Waals surface area contributed by atoms with Gasteiger partial charge >= 0.3 is 5.69 Å². The molecule has 0 aliphatic rings. The lowest BCUT2D eigenvalue weighted by atomic mass is 10.0. The van der Waals surface area contributed by atoms with Gasteiger partial charge in [-0.25, -0.2) is 14.8 Å². The fourth-order valence-corrected chi connectivity index (χ4v) is 3.53. The van der Waals surface area contributed by atoms with E-state index in [4.69, 9.17) is 15.9 Å². The van der Waals surface area contributed by atoms with E-state index >= 15 is 0 Å². The summed E-state index contributed by atoms with van der Waals surface area (Å²) in [6.45, 7) is 2.08. The Hall–Kier alpha value is -4.51. The molecule has 4 rings (SSSR count). The van der Waals surface area contributed by atoms with E-state index in [1.54, 1.807) is 30.3 Å². The molecule has 0 saturated heterocycles. The number of aromatic nitrogens is 5. The first kappa shape index (κ1) is 23.6. The molecule has 1 unspecified atom stereocenters. The molecule has 2 aromatic carbocycles. The van der Waals surface area contributed by atoms with Gasteiger partial charge in [-0.1, -0.05) is 13.0 Å². The number of nitrogens with zero attached hydrogens (tertiary/aromatic N) is 4. The molecule has 0 amide bonds. The zero-order valence-corrected chi connectivity index (χ0v) is 19.1. The quantitative estimate of drug-likeness (QED) is 0.171. The fraction of sp³-hybridized carbons (Fsp3) is 0.208. The Morgan fingerprint density at radius 3 is 2.63 bits per heavy atom. The molecular formula is C24H26N8O3. The van der Waals surface area contributed by atoms with Crippen LogP contribution in [-0.2, 0) is 6.42 Å². The number of hydrogen-bond acceptors (Lipinski definition) is 8. The lowest BCUT2D eigenvalue weighted by Crippen LogP contribution is -2.18. The third kappa shape index (κ3) is 5.53. The van der Waals surface area contributed by atoms with Crippen molar-refractivity contribution in [3.8, 4) is 11.7 Å². The van der Waals surface area contributed by atoms with E-state index in [2.05, 4.69) is 25.4 Å². The number of H-pyrrole nitrogens is 1. The highest BCUT2D eigenvalue weighted by atomic mass is 16.5. The number of nitrogen functional groups attached to an aromatic ring is 1. The fourth-order valence-electron chi connectivity index (χ4n) is 3.53. The summed E-state index contributed by atoms with van der Waals surface area (Å²) in [6, 6.07) is 13.9. The zero-order chi connectivity index (χ0) is 24.8. The lowest BCUT2D eigenvalue weighted by Gasteiger charge is -2.20. The van der Waals surface area contributed by atoms with Crippen molar-refractivity contribution in [3.05, 3.63) is 93.9 Å². The van der Waals surface area contributed by atoms with Crippen LogP contribution in [0, 0.1) is 5.41 Å². The van der Waals surface area contributed by atoms with E-state index in [0.717, 1.165) is 27.9 Å². The Bertz CT molecular complexity index is 1350. The molecule has 180 valence electrons. The van der Waals surface area contributed by atoms with Crippen molar-refractivity contribution in [1.29, 1.82) is 5.41 Å². The van der Waals surface area contributed by atoms with Gasteiger partial charge in [-0.15, -0.1) is 9.78 Å². The standard InChI is InChI=1S/C24H26N8O3/c1-2-15-12-17(14-19(13-15)35-11-10-33)20(29-18-6-4-16(5-7-18)21(25)26)22-30-24(34)32(31-22)23-27-8-3-9-28-23/h3-9,12-14,20,29,33H,2,10-11H2,1H3,(H3,25,26)(H,30,31,34). The largest absolute Gasteiger partial charge is 0.491 e. The first-order chi connectivity index (χ1) is 17.0. The van der Waals surface area contributed by atoms with Crippen LogP contribution in [0.1, 0.15) is 35.5 Å².